The SMILES string of the molecule is [CH2]C(O)NC(=O)OC. The van der Waals surface area contributed by atoms with Crippen molar-refractivity contribution >= 4 is 6.09 Å². The summed E-state index contributed by atoms with van der Waals surface area (Å²) >= 11 is 0. The van der Waals surface area contributed by atoms with E-state index in [9.17, 15) is 4.79 Å². The summed E-state index contributed by atoms with van der Waals surface area (Å²) in [6.07, 6.45) is -1.78. The first-order chi connectivity index (χ1) is 3.66. The molecule has 1 amide bonds. The second-order valence-corrected chi connectivity index (χ2v) is 1.15. The van der Waals surface area contributed by atoms with Crippen LogP contribution in [0.25, 0.3) is 0 Å². The van der Waals surface area contributed by atoms with E-state index in [1.54, 1.807) is 0 Å². The highest BCUT2D eigenvalue weighted by Gasteiger charge is 1.99. The predicted octanol–water partition coefficient (Wildman–Crippen LogP) is -0.505. The van der Waals surface area contributed by atoms with Crippen LogP contribution in [-0.4, -0.2) is 24.5 Å². The minimum atomic E-state index is -1.09. The van der Waals surface area contributed by atoms with E-state index in [1.165, 1.54) is 7.11 Å². The normalized spacial score (nSPS) is 12.4. The second-order valence-electron chi connectivity index (χ2n) is 1.15. The van der Waals surface area contributed by atoms with Crippen LogP contribution in [-0.2, 0) is 4.74 Å². The van der Waals surface area contributed by atoms with Gasteiger partial charge in [-0.3, -0.25) is 5.32 Å². The molecule has 4 heteroatoms. The third-order valence-electron chi connectivity index (χ3n) is 0.470. The Morgan fingerprint density at radius 1 is 2.00 bits per heavy atom. The Morgan fingerprint density at radius 3 is 2.62 bits per heavy atom. The molecule has 0 fully saturated rings. The van der Waals surface area contributed by atoms with Crippen LogP contribution >= 0.6 is 0 Å². The van der Waals surface area contributed by atoms with E-state index < -0.39 is 12.3 Å². The minimum Gasteiger partial charge on any atom is -0.453 e. The zero-order valence-electron chi connectivity index (χ0n) is 4.55. The highest BCUT2D eigenvalue weighted by molar-refractivity contribution is 5.67. The predicted molar refractivity (Wildman–Crippen MR) is 26.9 cm³/mol. The van der Waals surface area contributed by atoms with Crippen LogP contribution in [0.1, 0.15) is 0 Å². The molecule has 0 aromatic rings. The number of aliphatic hydroxyl groups excluding tert-OH is 1. The summed E-state index contributed by atoms with van der Waals surface area (Å²) < 4.78 is 4.11. The number of carbonyl (C=O) groups excluding carboxylic acids is 1. The summed E-state index contributed by atoms with van der Waals surface area (Å²) in [6, 6.07) is 0. The van der Waals surface area contributed by atoms with Gasteiger partial charge in [0.05, 0.1) is 7.11 Å². The van der Waals surface area contributed by atoms with Crippen LogP contribution in [0, 0.1) is 6.92 Å². The maximum absolute atomic E-state index is 10.1. The van der Waals surface area contributed by atoms with Gasteiger partial charge in [0.1, 0.15) is 6.23 Å². The van der Waals surface area contributed by atoms with Gasteiger partial charge in [-0.1, -0.05) is 0 Å². The smallest absolute Gasteiger partial charge is 0.408 e. The van der Waals surface area contributed by atoms with Gasteiger partial charge in [0.15, 0.2) is 0 Å². The number of carbonyl (C=O) groups is 1. The fourth-order valence-electron chi connectivity index (χ4n) is 0.195. The van der Waals surface area contributed by atoms with Crippen molar-refractivity contribution in [1.29, 1.82) is 0 Å². The van der Waals surface area contributed by atoms with Crippen LogP contribution in [0.2, 0.25) is 0 Å². The molecule has 0 aliphatic heterocycles. The van der Waals surface area contributed by atoms with Crippen molar-refractivity contribution in [2.45, 2.75) is 6.23 Å². The van der Waals surface area contributed by atoms with Gasteiger partial charge < -0.3 is 9.84 Å². The van der Waals surface area contributed by atoms with Gasteiger partial charge >= 0.3 is 6.09 Å². The third kappa shape index (κ3) is 3.42. The third-order valence-corrected chi connectivity index (χ3v) is 0.470. The lowest BCUT2D eigenvalue weighted by Crippen LogP contribution is -2.31. The molecule has 0 saturated heterocycles. The van der Waals surface area contributed by atoms with E-state index in [-0.39, 0.29) is 0 Å². The molecule has 8 heavy (non-hydrogen) atoms. The van der Waals surface area contributed by atoms with Crippen molar-refractivity contribution in [2.75, 3.05) is 7.11 Å². The zero-order valence-corrected chi connectivity index (χ0v) is 4.55. The van der Waals surface area contributed by atoms with E-state index in [2.05, 4.69) is 11.7 Å². The number of aliphatic hydroxyl groups is 1. The van der Waals surface area contributed by atoms with Crippen LogP contribution in [0.15, 0.2) is 0 Å². The van der Waals surface area contributed by atoms with Gasteiger partial charge in [-0.15, -0.1) is 0 Å². The molecule has 0 saturated carbocycles. The summed E-state index contributed by atoms with van der Waals surface area (Å²) in [5.74, 6) is 0. The van der Waals surface area contributed by atoms with E-state index >= 15 is 0 Å². The van der Waals surface area contributed by atoms with Gasteiger partial charge in [0.25, 0.3) is 0 Å². The van der Waals surface area contributed by atoms with Crippen LogP contribution < -0.4 is 5.32 Å². The maximum Gasteiger partial charge on any atom is 0.408 e. The monoisotopic (exact) mass is 118 g/mol. The zero-order chi connectivity index (χ0) is 6.57. The molecule has 0 bridgehead atoms. The number of amides is 1. The largest absolute Gasteiger partial charge is 0.453 e. The summed E-state index contributed by atoms with van der Waals surface area (Å²) in [5, 5.41) is 10.3. The van der Waals surface area contributed by atoms with E-state index in [1.807, 2.05) is 5.32 Å². The summed E-state index contributed by atoms with van der Waals surface area (Å²) in [6.45, 7) is 3.07. The number of hydrogen-bond donors (Lipinski definition) is 2. The fraction of sp³-hybridized carbons (Fsp3) is 0.500. The Morgan fingerprint density at radius 2 is 2.50 bits per heavy atom. The van der Waals surface area contributed by atoms with Crippen LogP contribution in [0.5, 0.6) is 0 Å². The first-order valence-electron chi connectivity index (χ1n) is 2.02. The molecule has 1 unspecified atom stereocenters. The molecule has 0 aliphatic carbocycles. The molecule has 0 aromatic heterocycles. The number of methoxy groups -OCH3 is 1. The van der Waals surface area contributed by atoms with Crippen LogP contribution in [0.3, 0.4) is 0 Å². The lowest BCUT2D eigenvalue weighted by molar-refractivity contribution is 0.133. The Bertz CT molecular complexity index is 81.4. The van der Waals surface area contributed by atoms with Gasteiger partial charge in [0, 0.05) is 0 Å². The minimum absolute atomic E-state index is 0.688. The van der Waals surface area contributed by atoms with Gasteiger partial charge in [-0.05, 0) is 6.92 Å². The summed E-state index contributed by atoms with van der Waals surface area (Å²) in [7, 11) is 1.21. The fourth-order valence-corrected chi connectivity index (χ4v) is 0.195. The molecular formula is C4H8NO3. The molecule has 0 aliphatic rings. The Kier molecular flexibility index (Phi) is 2.95. The molecule has 0 rings (SSSR count). The summed E-state index contributed by atoms with van der Waals surface area (Å²) in [5.41, 5.74) is 0. The van der Waals surface area contributed by atoms with Crippen molar-refractivity contribution in [3.63, 3.8) is 0 Å². The Hall–Kier alpha value is -0.770. The average molecular weight is 118 g/mol. The molecule has 0 aromatic carbocycles. The van der Waals surface area contributed by atoms with Crippen molar-refractivity contribution in [1.82, 2.24) is 5.32 Å². The number of rotatable bonds is 1. The highest BCUT2D eigenvalue weighted by atomic mass is 16.5. The van der Waals surface area contributed by atoms with Crippen LogP contribution in [0.4, 0.5) is 4.79 Å². The van der Waals surface area contributed by atoms with Gasteiger partial charge in [-0.25, -0.2) is 4.79 Å². The molecule has 0 spiro atoms. The molecule has 1 radical (unpaired) electrons. The lowest BCUT2D eigenvalue weighted by Gasteiger charge is -2.03. The maximum atomic E-state index is 10.1. The molecule has 47 valence electrons. The second kappa shape index (κ2) is 3.26. The highest BCUT2D eigenvalue weighted by Crippen LogP contribution is 1.73. The standard InChI is InChI=1S/C4H8NO3/c1-3(6)5-4(7)8-2/h3,6H,1H2,2H3,(H,5,7). The average Bonchev–Trinajstić information content (AvgIpc) is 1.65. The molecule has 0 heterocycles. The molecule has 2 N–H and O–H groups in total. The first kappa shape index (κ1) is 7.23. The molecular weight excluding hydrogens is 110 g/mol. The topological polar surface area (TPSA) is 58.6 Å². The Labute approximate surface area is 47.5 Å². The van der Waals surface area contributed by atoms with E-state index in [0.717, 1.165) is 0 Å². The number of ether oxygens (including phenoxy) is 1. The molecule has 1 atom stereocenters. The number of nitrogens with one attached hydrogen (secondary N) is 1. The summed E-state index contributed by atoms with van der Waals surface area (Å²) in [4.78, 5) is 10.1. The van der Waals surface area contributed by atoms with Gasteiger partial charge in [-0.2, -0.15) is 0 Å². The lowest BCUT2D eigenvalue weighted by atomic mass is 10.7. The number of hydrogen-bond acceptors (Lipinski definition) is 3. The van der Waals surface area contributed by atoms with Gasteiger partial charge in [0.2, 0.25) is 0 Å². The Balaban J connectivity index is 3.25. The van der Waals surface area contributed by atoms with Crippen molar-refractivity contribution < 1.29 is 14.6 Å². The van der Waals surface area contributed by atoms with Crippen molar-refractivity contribution in [3.8, 4) is 0 Å². The van der Waals surface area contributed by atoms with E-state index in [4.69, 9.17) is 5.11 Å². The van der Waals surface area contributed by atoms with E-state index in [0.29, 0.717) is 0 Å². The quantitative estimate of drug-likeness (QED) is 0.456. The molecule has 4 nitrogen and oxygen atoms in total. The van der Waals surface area contributed by atoms with Crippen molar-refractivity contribution in [2.24, 2.45) is 0 Å². The van der Waals surface area contributed by atoms with Crippen molar-refractivity contribution in [3.05, 3.63) is 6.92 Å². The first-order valence-corrected chi connectivity index (χ1v) is 2.02. The number of alkyl carbamates (subject to hydrolysis) is 1.